The fourth-order valence-electron chi connectivity index (χ4n) is 2.81. The quantitative estimate of drug-likeness (QED) is 0.569. The number of allylic oxidation sites excluding steroid dienone is 8. The third-order valence-electron chi connectivity index (χ3n) is 4.21. The van der Waals surface area contributed by atoms with Crippen molar-refractivity contribution in [1.29, 1.82) is 0 Å². The molecule has 2 aliphatic carbocycles. The molecule has 0 N–H and O–H groups in total. The molecule has 0 radical (unpaired) electrons. The molecule has 0 heterocycles. The second kappa shape index (κ2) is 7.44. The summed E-state index contributed by atoms with van der Waals surface area (Å²) in [4.78, 5) is 0. The molecular formula is C16H22Cl2Zr. The van der Waals surface area contributed by atoms with Crippen molar-refractivity contribution in [2.75, 3.05) is 0 Å². The van der Waals surface area contributed by atoms with E-state index in [2.05, 4.69) is 53.7 Å². The zero-order valence-electron chi connectivity index (χ0n) is 12.6. The van der Waals surface area contributed by atoms with Gasteiger partial charge in [-0.25, -0.2) is 0 Å². The van der Waals surface area contributed by atoms with Gasteiger partial charge < -0.3 is 24.8 Å². The van der Waals surface area contributed by atoms with E-state index in [1.807, 2.05) is 0 Å². The third kappa shape index (κ3) is 3.75. The summed E-state index contributed by atoms with van der Waals surface area (Å²) in [5, 5.41) is 0. The van der Waals surface area contributed by atoms with Gasteiger partial charge in [-0.15, -0.1) is 0 Å². The fourth-order valence-corrected chi connectivity index (χ4v) is 6.99. The summed E-state index contributed by atoms with van der Waals surface area (Å²) in [6.07, 6.45) is 4.85. The average Bonchev–Trinajstić information content (AvgIpc) is 2.62. The van der Waals surface area contributed by atoms with Crippen LogP contribution in [0.25, 0.3) is 0 Å². The Hall–Kier alpha value is 0.423. The minimum absolute atomic E-state index is 0. The van der Waals surface area contributed by atoms with E-state index in [9.17, 15) is 0 Å². The van der Waals surface area contributed by atoms with Gasteiger partial charge in [0.2, 0.25) is 0 Å². The Morgan fingerprint density at radius 1 is 0.947 bits per heavy atom. The Kier molecular flexibility index (Phi) is 7.60. The van der Waals surface area contributed by atoms with Crippen molar-refractivity contribution in [2.24, 2.45) is 11.8 Å². The molecular weight excluding hydrogens is 354 g/mol. The Balaban J connectivity index is 0.00000162. The maximum Gasteiger partial charge on any atom is -1.00 e. The Labute approximate surface area is 141 Å². The fraction of sp³-hybridized carbons (Fsp3) is 0.500. The van der Waals surface area contributed by atoms with Gasteiger partial charge in [-0.3, -0.25) is 0 Å². The van der Waals surface area contributed by atoms with E-state index in [0.29, 0.717) is 5.92 Å². The largest absolute Gasteiger partial charge is 1.00 e. The van der Waals surface area contributed by atoms with Crippen LogP contribution in [0.2, 0.25) is 0 Å². The predicted molar refractivity (Wildman–Crippen MR) is 71.2 cm³/mol. The van der Waals surface area contributed by atoms with Gasteiger partial charge in [-0.1, -0.05) is 0 Å². The van der Waals surface area contributed by atoms with Gasteiger partial charge in [0, 0.05) is 0 Å². The van der Waals surface area contributed by atoms with Crippen LogP contribution < -0.4 is 24.8 Å². The molecule has 0 aromatic rings. The first-order valence-electron chi connectivity index (χ1n) is 6.47. The zero-order chi connectivity index (χ0) is 12.7. The van der Waals surface area contributed by atoms with Gasteiger partial charge in [0.25, 0.3) is 0 Å². The molecule has 0 fully saturated rings. The van der Waals surface area contributed by atoms with Gasteiger partial charge >= 0.3 is 118 Å². The number of halogens is 2. The van der Waals surface area contributed by atoms with Crippen molar-refractivity contribution < 1.29 is 48.0 Å². The third-order valence-corrected chi connectivity index (χ3v) is 9.60. The van der Waals surface area contributed by atoms with Gasteiger partial charge in [0.1, 0.15) is 0 Å². The molecule has 3 heteroatoms. The summed E-state index contributed by atoms with van der Waals surface area (Å²) >= 11 is -0.548. The van der Waals surface area contributed by atoms with Crippen LogP contribution in [0.3, 0.4) is 0 Å². The summed E-state index contributed by atoms with van der Waals surface area (Å²) in [5.41, 5.74) is 6.24. The molecule has 0 spiro atoms. The minimum Gasteiger partial charge on any atom is -1.00 e. The van der Waals surface area contributed by atoms with Crippen molar-refractivity contribution in [2.45, 2.75) is 41.5 Å². The first-order valence-corrected chi connectivity index (χ1v) is 8.93. The topological polar surface area (TPSA) is 0 Å². The van der Waals surface area contributed by atoms with E-state index in [4.69, 9.17) is 0 Å². The van der Waals surface area contributed by atoms with Crippen LogP contribution >= 0.6 is 0 Å². The minimum atomic E-state index is -0.548. The van der Waals surface area contributed by atoms with Crippen molar-refractivity contribution in [3.05, 3.63) is 41.0 Å². The molecule has 2 unspecified atom stereocenters. The van der Waals surface area contributed by atoms with E-state index in [1.54, 1.807) is 23.3 Å². The van der Waals surface area contributed by atoms with E-state index in [-0.39, 0.29) is 24.8 Å². The van der Waals surface area contributed by atoms with Crippen LogP contribution in [0, 0.1) is 11.8 Å². The summed E-state index contributed by atoms with van der Waals surface area (Å²) < 4.78 is 3.60. The molecule has 0 saturated carbocycles. The van der Waals surface area contributed by atoms with Gasteiger partial charge in [0.05, 0.1) is 0 Å². The van der Waals surface area contributed by atoms with Crippen molar-refractivity contribution in [1.82, 2.24) is 0 Å². The van der Waals surface area contributed by atoms with Crippen LogP contribution in [-0.4, -0.2) is 0 Å². The van der Waals surface area contributed by atoms with Crippen LogP contribution in [0.5, 0.6) is 0 Å². The van der Waals surface area contributed by atoms with Gasteiger partial charge in [0.15, 0.2) is 0 Å². The maximum atomic E-state index is 2.45. The molecule has 0 aromatic carbocycles. The first-order chi connectivity index (χ1) is 7.91. The standard InChI is InChI=1S/2C8H11.2ClH.Zr/c2*1-6-4-7(2)8(3)5-6;;;/h4,8H,1-3H3;4,6H,1-3H3;2*1H;/q;;;;+2/p-2. The average molecular weight is 376 g/mol. The van der Waals surface area contributed by atoms with E-state index in [1.165, 1.54) is 5.57 Å². The summed E-state index contributed by atoms with van der Waals surface area (Å²) in [7, 11) is 0. The molecule has 0 aromatic heterocycles. The Morgan fingerprint density at radius 2 is 1.53 bits per heavy atom. The second-order valence-corrected chi connectivity index (χ2v) is 8.77. The van der Waals surface area contributed by atoms with Crippen molar-refractivity contribution >= 4 is 0 Å². The van der Waals surface area contributed by atoms with E-state index >= 15 is 0 Å². The SMILES string of the molecule is CC1=CC(C)[C]([Zr+2][C]2=C(C)C=C(C)C2C)=C1C.[Cl-].[Cl-]. The van der Waals surface area contributed by atoms with Crippen molar-refractivity contribution in [3.8, 4) is 0 Å². The van der Waals surface area contributed by atoms with Crippen molar-refractivity contribution in [3.63, 3.8) is 0 Å². The summed E-state index contributed by atoms with van der Waals surface area (Å²) in [5.74, 6) is 1.42. The zero-order valence-corrected chi connectivity index (χ0v) is 16.5. The van der Waals surface area contributed by atoms with E-state index < -0.39 is 23.2 Å². The molecule has 19 heavy (non-hydrogen) atoms. The Bertz CT molecular complexity index is 481. The molecule has 104 valence electrons. The number of hydrogen-bond donors (Lipinski definition) is 0. The van der Waals surface area contributed by atoms with Crippen LogP contribution in [0.1, 0.15) is 41.5 Å². The molecule has 0 saturated heterocycles. The smallest absolute Gasteiger partial charge is 1.00 e. The van der Waals surface area contributed by atoms with E-state index in [0.717, 1.165) is 5.92 Å². The molecule has 0 aliphatic heterocycles. The van der Waals surface area contributed by atoms with Crippen LogP contribution in [-0.2, 0) is 23.2 Å². The summed E-state index contributed by atoms with van der Waals surface area (Å²) in [6.45, 7) is 13.9. The number of rotatable bonds is 2. The molecule has 0 bridgehead atoms. The summed E-state index contributed by atoms with van der Waals surface area (Å²) in [6, 6.07) is 0. The van der Waals surface area contributed by atoms with Crippen LogP contribution in [0.4, 0.5) is 0 Å². The molecule has 2 aliphatic rings. The first kappa shape index (κ1) is 19.4. The molecule has 2 rings (SSSR count). The molecule has 0 amide bonds. The predicted octanol–water partition coefficient (Wildman–Crippen LogP) is -1.18. The molecule has 2 atom stereocenters. The maximum absolute atomic E-state index is 2.45. The molecule has 0 nitrogen and oxygen atoms in total. The number of hydrogen-bond acceptors (Lipinski definition) is 0. The monoisotopic (exact) mass is 374 g/mol. The normalized spacial score (nSPS) is 25.6. The Morgan fingerprint density at radius 3 is 1.89 bits per heavy atom. The second-order valence-electron chi connectivity index (χ2n) is 5.51. The van der Waals surface area contributed by atoms with Gasteiger partial charge in [-0.05, 0) is 0 Å². The van der Waals surface area contributed by atoms with Gasteiger partial charge in [-0.2, -0.15) is 0 Å². The van der Waals surface area contributed by atoms with Crippen LogP contribution in [0.15, 0.2) is 41.0 Å².